The minimum Gasteiger partial charge on any atom is -0.497 e. The number of nitrogens with one attached hydrogen (secondary N) is 2. The van der Waals surface area contributed by atoms with Crippen LogP contribution in [-0.2, 0) is 20.1 Å². The topological polar surface area (TPSA) is 76.4 Å². The number of nitrogens with zero attached hydrogens (tertiary/aromatic N) is 4. The van der Waals surface area contributed by atoms with Gasteiger partial charge in [0.05, 0.1) is 20.2 Å². The van der Waals surface area contributed by atoms with E-state index in [-0.39, 0.29) is 24.0 Å². The molecule has 0 aliphatic carbocycles. The zero-order chi connectivity index (χ0) is 21.2. The van der Waals surface area contributed by atoms with Crippen molar-refractivity contribution in [3.63, 3.8) is 0 Å². The lowest BCUT2D eigenvalue weighted by Crippen LogP contribution is -2.42. The molecule has 0 fully saturated rings. The third kappa shape index (κ3) is 8.89. The Morgan fingerprint density at radius 3 is 2.40 bits per heavy atom. The van der Waals surface area contributed by atoms with Crippen molar-refractivity contribution in [2.45, 2.75) is 66.1 Å². The Bertz CT molecular complexity index is 772. The first kappa shape index (κ1) is 26.2. The summed E-state index contributed by atoms with van der Waals surface area (Å²) in [5, 5.41) is 15.3. The van der Waals surface area contributed by atoms with E-state index in [1.165, 1.54) is 12.8 Å². The second-order valence-electron chi connectivity index (χ2n) is 7.96. The lowest BCUT2D eigenvalue weighted by molar-refractivity contribution is 0.414. The second kappa shape index (κ2) is 13.5. The molecule has 2 aromatic rings. The van der Waals surface area contributed by atoms with Crippen molar-refractivity contribution in [1.82, 2.24) is 25.4 Å². The van der Waals surface area contributed by atoms with Crippen molar-refractivity contribution >= 4 is 29.9 Å². The Balaban J connectivity index is 0.00000450. The average molecular weight is 528 g/mol. The number of aryl methyl sites for hydroxylation is 1. The van der Waals surface area contributed by atoms with Crippen LogP contribution in [0, 0.1) is 12.8 Å². The van der Waals surface area contributed by atoms with Crippen LogP contribution in [0.2, 0.25) is 0 Å². The first-order chi connectivity index (χ1) is 13.9. The zero-order valence-corrected chi connectivity index (χ0v) is 21.4. The molecule has 1 unspecified atom stereocenters. The van der Waals surface area contributed by atoms with Crippen LogP contribution in [0.1, 0.15) is 57.2 Å². The Labute approximate surface area is 198 Å². The minimum absolute atomic E-state index is 0. The summed E-state index contributed by atoms with van der Waals surface area (Å²) in [5.41, 5.74) is 1.13. The summed E-state index contributed by atoms with van der Waals surface area (Å²) in [6.45, 7) is 9.86. The molecular formula is C22H37IN6O. The fourth-order valence-electron chi connectivity index (χ4n) is 2.96. The van der Waals surface area contributed by atoms with Crippen molar-refractivity contribution in [3.05, 3.63) is 41.5 Å². The maximum Gasteiger partial charge on any atom is 0.192 e. The van der Waals surface area contributed by atoms with Crippen molar-refractivity contribution in [2.24, 2.45) is 18.0 Å². The number of halogens is 1. The molecular weight excluding hydrogens is 491 g/mol. The Morgan fingerprint density at radius 2 is 1.83 bits per heavy atom. The molecule has 1 aromatic heterocycles. The largest absolute Gasteiger partial charge is 0.497 e. The van der Waals surface area contributed by atoms with E-state index in [1.54, 1.807) is 7.11 Å². The number of ether oxygens (including phenoxy) is 1. The van der Waals surface area contributed by atoms with Crippen LogP contribution in [0.4, 0.5) is 0 Å². The summed E-state index contributed by atoms with van der Waals surface area (Å²) < 4.78 is 7.21. The summed E-state index contributed by atoms with van der Waals surface area (Å²) in [6.07, 6.45) is 3.57. The Morgan fingerprint density at radius 1 is 1.13 bits per heavy atom. The number of hydrogen-bond donors (Lipinski definition) is 2. The number of aliphatic imine (C=N–C) groups is 1. The van der Waals surface area contributed by atoms with Crippen molar-refractivity contribution in [2.75, 3.05) is 7.11 Å². The molecule has 1 aromatic carbocycles. The zero-order valence-electron chi connectivity index (χ0n) is 19.1. The van der Waals surface area contributed by atoms with Gasteiger partial charge in [0.1, 0.15) is 11.6 Å². The molecule has 0 spiro atoms. The monoisotopic (exact) mass is 528 g/mol. The van der Waals surface area contributed by atoms with Gasteiger partial charge in [0, 0.05) is 13.1 Å². The Hall–Kier alpha value is -1.84. The van der Waals surface area contributed by atoms with Crippen LogP contribution in [0.15, 0.2) is 29.3 Å². The van der Waals surface area contributed by atoms with Crippen LogP contribution in [0.25, 0.3) is 0 Å². The molecule has 30 heavy (non-hydrogen) atoms. The molecule has 0 radical (unpaired) electrons. The molecule has 0 saturated carbocycles. The first-order valence-corrected chi connectivity index (χ1v) is 10.4. The number of aromatic nitrogens is 3. The highest BCUT2D eigenvalue weighted by Gasteiger charge is 2.09. The number of rotatable bonds is 10. The summed E-state index contributed by atoms with van der Waals surface area (Å²) in [5.74, 6) is 4.16. The molecule has 0 bridgehead atoms. The van der Waals surface area contributed by atoms with Gasteiger partial charge in [-0.1, -0.05) is 38.8 Å². The minimum atomic E-state index is 0. The quantitative estimate of drug-likeness (QED) is 0.275. The van der Waals surface area contributed by atoms with Crippen LogP contribution in [0.5, 0.6) is 5.75 Å². The molecule has 8 heteroatoms. The first-order valence-electron chi connectivity index (χ1n) is 10.4. The van der Waals surface area contributed by atoms with Crippen molar-refractivity contribution in [1.29, 1.82) is 0 Å². The van der Waals surface area contributed by atoms with Crippen LogP contribution in [-0.4, -0.2) is 33.9 Å². The van der Waals surface area contributed by atoms with Gasteiger partial charge in [-0.2, -0.15) is 0 Å². The van der Waals surface area contributed by atoms with Crippen LogP contribution < -0.4 is 15.4 Å². The summed E-state index contributed by atoms with van der Waals surface area (Å²) in [6, 6.07) is 8.35. The smallest absolute Gasteiger partial charge is 0.192 e. The van der Waals surface area contributed by atoms with E-state index in [0.29, 0.717) is 19.1 Å². The molecule has 0 saturated heterocycles. The highest BCUT2D eigenvalue weighted by atomic mass is 127. The highest BCUT2D eigenvalue weighted by Crippen LogP contribution is 2.12. The third-order valence-corrected chi connectivity index (χ3v) is 4.98. The molecule has 0 aliphatic heterocycles. The van der Waals surface area contributed by atoms with Gasteiger partial charge in [-0.25, -0.2) is 4.99 Å². The molecule has 1 atom stereocenters. The summed E-state index contributed by atoms with van der Waals surface area (Å²) >= 11 is 0. The van der Waals surface area contributed by atoms with E-state index in [1.807, 2.05) is 42.8 Å². The Kier molecular flexibility index (Phi) is 11.8. The fraction of sp³-hybridized carbons (Fsp3) is 0.591. The molecule has 2 rings (SSSR count). The van der Waals surface area contributed by atoms with E-state index in [9.17, 15) is 0 Å². The highest BCUT2D eigenvalue weighted by molar-refractivity contribution is 14.0. The standard InChI is InChI=1S/C22H36N6O.HI/c1-16(2)8-7-9-17(3)25-22(24-15-21-27-26-18(4)28(21)5)23-14-19-10-12-20(29-6)13-11-19;/h10-13,16-17H,7-9,14-15H2,1-6H3,(H2,23,24,25);1H. The van der Waals surface area contributed by atoms with Crippen LogP contribution >= 0.6 is 24.0 Å². The van der Waals surface area contributed by atoms with Crippen molar-refractivity contribution in [3.8, 4) is 5.75 Å². The second-order valence-corrected chi connectivity index (χ2v) is 7.96. The van der Waals surface area contributed by atoms with E-state index >= 15 is 0 Å². The molecule has 7 nitrogen and oxygen atoms in total. The predicted octanol–water partition coefficient (Wildman–Crippen LogP) is 4.20. The normalized spacial score (nSPS) is 12.4. The van der Waals surface area contributed by atoms with Gasteiger partial charge in [0.2, 0.25) is 0 Å². The van der Waals surface area contributed by atoms with Gasteiger partial charge in [0.25, 0.3) is 0 Å². The SMILES string of the molecule is COc1ccc(CN=C(NCc2nnc(C)n2C)NC(C)CCCC(C)C)cc1.I. The van der Waals surface area contributed by atoms with Gasteiger partial charge in [-0.05, 0) is 43.9 Å². The molecule has 168 valence electrons. The fourth-order valence-corrected chi connectivity index (χ4v) is 2.96. The maximum atomic E-state index is 5.23. The van der Waals surface area contributed by atoms with Crippen molar-refractivity contribution < 1.29 is 4.74 Å². The van der Waals surface area contributed by atoms with E-state index in [4.69, 9.17) is 9.73 Å². The predicted molar refractivity (Wildman–Crippen MR) is 133 cm³/mol. The number of guanidine groups is 1. The van der Waals surface area contributed by atoms with Crippen LogP contribution in [0.3, 0.4) is 0 Å². The molecule has 0 amide bonds. The molecule has 1 heterocycles. The maximum absolute atomic E-state index is 5.23. The number of hydrogen-bond acceptors (Lipinski definition) is 4. The average Bonchev–Trinajstić information content (AvgIpc) is 3.02. The lowest BCUT2D eigenvalue weighted by atomic mass is 10.0. The third-order valence-electron chi connectivity index (χ3n) is 4.98. The van der Waals surface area contributed by atoms with Gasteiger partial charge in [-0.3, -0.25) is 0 Å². The number of benzene rings is 1. The lowest BCUT2D eigenvalue weighted by Gasteiger charge is -2.19. The van der Waals surface area contributed by atoms with E-state index < -0.39 is 0 Å². The molecule has 0 aliphatic rings. The van der Waals surface area contributed by atoms with E-state index in [0.717, 1.165) is 41.3 Å². The van der Waals surface area contributed by atoms with Gasteiger partial charge >= 0.3 is 0 Å². The number of methoxy groups -OCH3 is 1. The van der Waals surface area contributed by atoms with Gasteiger partial charge in [-0.15, -0.1) is 34.2 Å². The van der Waals surface area contributed by atoms with E-state index in [2.05, 4.69) is 41.6 Å². The summed E-state index contributed by atoms with van der Waals surface area (Å²) in [4.78, 5) is 4.78. The summed E-state index contributed by atoms with van der Waals surface area (Å²) in [7, 11) is 3.65. The molecule has 2 N–H and O–H groups in total. The van der Waals surface area contributed by atoms with Gasteiger partial charge in [0.15, 0.2) is 11.8 Å². The van der Waals surface area contributed by atoms with Gasteiger partial charge < -0.3 is 19.9 Å².